The molecule has 0 saturated carbocycles. The first kappa shape index (κ1) is 15.5. The van der Waals surface area contributed by atoms with Crippen molar-refractivity contribution in [3.05, 3.63) is 40.2 Å². The van der Waals surface area contributed by atoms with Crippen LogP contribution in [0.2, 0.25) is 5.02 Å². The van der Waals surface area contributed by atoms with Crippen molar-refractivity contribution in [2.24, 2.45) is 5.84 Å². The normalized spacial score (nSPS) is 10.8. The topological polar surface area (TPSA) is 73.1 Å². The molecule has 2 rings (SSSR count). The van der Waals surface area contributed by atoms with E-state index < -0.39 is 0 Å². The van der Waals surface area contributed by atoms with Gasteiger partial charge in [-0.3, -0.25) is 0 Å². The quantitative estimate of drug-likeness (QED) is 0.661. The van der Waals surface area contributed by atoms with Gasteiger partial charge in [-0.25, -0.2) is 15.8 Å². The van der Waals surface area contributed by atoms with Gasteiger partial charge in [0.2, 0.25) is 5.88 Å². The maximum atomic E-state index is 6.17. The summed E-state index contributed by atoms with van der Waals surface area (Å²) in [6.07, 6.45) is 1.42. The summed E-state index contributed by atoms with van der Waals surface area (Å²) in [6, 6.07) is 3.77. The van der Waals surface area contributed by atoms with Crippen molar-refractivity contribution in [2.75, 3.05) is 5.43 Å². The van der Waals surface area contributed by atoms with E-state index in [1.54, 1.807) is 0 Å². The Bertz CT molecular complexity index is 635. The predicted octanol–water partition coefficient (Wildman–Crippen LogP) is 3.95. The molecular weight excluding hydrogens is 288 g/mol. The number of nitrogen functional groups attached to an aromatic ring is 1. The van der Waals surface area contributed by atoms with Crippen LogP contribution in [-0.4, -0.2) is 9.97 Å². The number of nitrogens with two attached hydrogens (primary N) is 1. The largest absolute Gasteiger partial charge is 0.439 e. The number of ether oxygens (including phenoxy) is 1. The van der Waals surface area contributed by atoms with Crippen LogP contribution in [0.15, 0.2) is 18.5 Å². The van der Waals surface area contributed by atoms with Crippen molar-refractivity contribution in [3.63, 3.8) is 0 Å². The van der Waals surface area contributed by atoms with Gasteiger partial charge in [0, 0.05) is 5.02 Å². The Labute approximate surface area is 129 Å². The van der Waals surface area contributed by atoms with Gasteiger partial charge in [0.05, 0.1) is 5.56 Å². The van der Waals surface area contributed by atoms with E-state index in [9.17, 15) is 0 Å². The molecule has 0 aliphatic carbocycles. The lowest BCUT2D eigenvalue weighted by molar-refractivity contribution is 0.451. The molecule has 0 spiro atoms. The monoisotopic (exact) mass is 306 g/mol. The highest BCUT2D eigenvalue weighted by molar-refractivity contribution is 6.32. The van der Waals surface area contributed by atoms with E-state index in [0.717, 1.165) is 21.7 Å². The zero-order valence-electron chi connectivity index (χ0n) is 12.6. The van der Waals surface area contributed by atoms with Gasteiger partial charge >= 0.3 is 0 Å². The van der Waals surface area contributed by atoms with Gasteiger partial charge in [0.25, 0.3) is 0 Å². The Balaban J connectivity index is 2.44. The van der Waals surface area contributed by atoms with Gasteiger partial charge in [0.1, 0.15) is 12.1 Å². The molecule has 0 bridgehead atoms. The van der Waals surface area contributed by atoms with Crippen molar-refractivity contribution in [3.8, 4) is 11.6 Å². The summed E-state index contributed by atoms with van der Waals surface area (Å²) in [4.78, 5) is 8.35. The highest BCUT2D eigenvalue weighted by Gasteiger charge is 2.17. The molecule has 0 fully saturated rings. The summed E-state index contributed by atoms with van der Waals surface area (Å²) in [6.45, 7) is 7.95. The molecule has 21 heavy (non-hydrogen) atoms. The Morgan fingerprint density at radius 3 is 2.33 bits per heavy atom. The first-order valence-electron chi connectivity index (χ1n) is 6.70. The van der Waals surface area contributed by atoms with Crippen molar-refractivity contribution in [2.45, 2.75) is 33.6 Å². The maximum Gasteiger partial charge on any atom is 0.227 e. The number of aryl methyl sites for hydroxylation is 2. The van der Waals surface area contributed by atoms with Gasteiger partial charge in [-0.15, -0.1) is 0 Å². The average molecular weight is 307 g/mol. The third-order valence-electron chi connectivity index (χ3n) is 3.19. The SMILES string of the molecule is Cc1cc(Oc2ncnc(NN)c2C(C)C)cc(C)c1Cl. The number of rotatable bonds is 4. The van der Waals surface area contributed by atoms with E-state index >= 15 is 0 Å². The van der Waals surface area contributed by atoms with Gasteiger partial charge in [0.15, 0.2) is 5.82 Å². The predicted molar refractivity (Wildman–Crippen MR) is 84.9 cm³/mol. The fourth-order valence-electron chi connectivity index (χ4n) is 2.17. The summed E-state index contributed by atoms with van der Waals surface area (Å²) in [5.41, 5.74) is 5.35. The fraction of sp³-hybridized carbons (Fsp3) is 0.333. The lowest BCUT2D eigenvalue weighted by Gasteiger charge is -2.16. The smallest absolute Gasteiger partial charge is 0.227 e. The van der Waals surface area contributed by atoms with Crippen LogP contribution < -0.4 is 16.0 Å². The fourth-order valence-corrected chi connectivity index (χ4v) is 2.28. The lowest BCUT2D eigenvalue weighted by Crippen LogP contribution is -2.13. The van der Waals surface area contributed by atoms with E-state index in [-0.39, 0.29) is 5.92 Å². The van der Waals surface area contributed by atoms with Crippen molar-refractivity contribution in [1.29, 1.82) is 0 Å². The molecule has 0 aliphatic heterocycles. The zero-order chi connectivity index (χ0) is 15.6. The highest BCUT2D eigenvalue weighted by Crippen LogP contribution is 2.34. The molecule has 0 radical (unpaired) electrons. The number of benzene rings is 1. The van der Waals surface area contributed by atoms with Gasteiger partial charge in [-0.1, -0.05) is 25.4 Å². The number of halogens is 1. The van der Waals surface area contributed by atoms with Gasteiger partial charge in [-0.05, 0) is 43.0 Å². The molecule has 2 aromatic rings. The number of anilines is 1. The molecule has 0 unspecified atom stereocenters. The number of hydrogen-bond donors (Lipinski definition) is 2. The van der Waals surface area contributed by atoms with Crippen LogP contribution in [0.25, 0.3) is 0 Å². The zero-order valence-corrected chi connectivity index (χ0v) is 13.3. The second-order valence-electron chi connectivity index (χ2n) is 5.21. The van der Waals surface area contributed by atoms with Crippen LogP contribution in [0.1, 0.15) is 36.5 Å². The number of hydrogen-bond acceptors (Lipinski definition) is 5. The minimum atomic E-state index is 0.168. The molecule has 0 aliphatic rings. The van der Waals surface area contributed by atoms with Crippen LogP contribution in [0, 0.1) is 13.8 Å². The molecule has 1 aromatic carbocycles. The Morgan fingerprint density at radius 2 is 1.81 bits per heavy atom. The number of nitrogens with zero attached hydrogens (tertiary/aromatic N) is 2. The minimum Gasteiger partial charge on any atom is -0.439 e. The minimum absolute atomic E-state index is 0.168. The molecule has 0 saturated heterocycles. The Morgan fingerprint density at radius 1 is 1.19 bits per heavy atom. The highest BCUT2D eigenvalue weighted by atomic mass is 35.5. The Kier molecular flexibility index (Phi) is 4.65. The van der Waals surface area contributed by atoms with Crippen LogP contribution in [0.3, 0.4) is 0 Å². The number of aromatic nitrogens is 2. The summed E-state index contributed by atoms with van der Waals surface area (Å²) in [5.74, 6) is 7.43. The van der Waals surface area contributed by atoms with Crippen LogP contribution >= 0.6 is 11.6 Å². The molecule has 1 aromatic heterocycles. The number of nitrogens with one attached hydrogen (secondary N) is 1. The van der Waals surface area contributed by atoms with Crippen LogP contribution in [0.4, 0.5) is 5.82 Å². The van der Waals surface area contributed by atoms with Crippen LogP contribution in [0.5, 0.6) is 11.6 Å². The van der Waals surface area contributed by atoms with E-state index in [2.05, 4.69) is 15.4 Å². The molecule has 112 valence electrons. The second-order valence-corrected chi connectivity index (χ2v) is 5.59. The Hall–Kier alpha value is -1.85. The molecular formula is C15H19ClN4O. The second kappa shape index (κ2) is 6.28. The maximum absolute atomic E-state index is 6.17. The van der Waals surface area contributed by atoms with Crippen LogP contribution in [-0.2, 0) is 0 Å². The van der Waals surface area contributed by atoms with Gasteiger partial charge in [-0.2, -0.15) is 0 Å². The van der Waals surface area contributed by atoms with E-state index in [4.69, 9.17) is 22.2 Å². The summed E-state index contributed by atoms with van der Waals surface area (Å²) >= 11 is 6.17. The first-order chi connectivity index (χ1) is 9.93. The average Bonchev–Trinajstić information content (AvgIpc) is 2.44. The molecule has 1 heterocycles. The van der Waals surface area contributed by atoms with Crippen molar-refractivity contribution in [1.82, 2.24) is 9.97 Å². The van der Waals surface area contributed by atoms with Crippen molar-refractivity contribution < 1.29 is 4.74 Å². The molecule has 3 N–H and O–H groups in total. The molecule has 5 nitrogen and oxygen atoms in total. The van der Waals surface area contributed by atoms with E-state index in [0.29, 0.717) is 17.4 Å². The summed E-state index contributed by atoms with van der Waals surface area (Å²) < 4.78 is 5.92. The standard InChI is InChI=1S/C15H19ClN4O/c1-8(2)12-14(20-17)18-7-19-15(12)21-11-5-9(3)13(16)10(4)6-11/h5-8H,17H2,1-4H3,(H,18,19,20). The van der Waals surface area contributed by atoms with E-state index in [1.165, 1.54) is 6.33 Å². The first-order valence-corrected chi connectivity index (χ1v) is 7.08. The van der Waals surface area contributed by atoms with E-state index in [1.807, 2.05) is 39.8 Å². The summed E-state index contributed by atoms with van der Waals surface area (Å²) in [5, 5.41) is 0.749. The summed E-state index contributed by atoms with van der Waals surface area (Å²) in [7, 11) is 0. The molecule has 0 atom stereocenters. The third kappa shape index (κ3) is 3.25. The molecule has 0 amide bonds. The lowest BCUT2D eigenvalue weighted by atomic mass is 10.1. The third-order valence-corrected chi connectivity index (χ3v) is 3.78. The number of hydrazine groups is 1. The van der Waals surface area contributed by atoms with Crippen molar-refractivity contribution >= 4 is 17.4 Å². The van der Waals surface area contributed by atoms with Gasteiger partial charge < -0.3 is 10.2 Å². The molecule has 6 heteroatoms.